The van der Waals surface area contributed by atoms with Gasteiger partial charge < -0.3 is 5.73 Å². The number of nitrogens with zero attached hydrogens (tertiary/aromatic N) is 5. The van der Waals surface area contributed by atoms with Crippen LogP contribution < -0.4 is 5.73 Å². The van der Waals surface area contributed by atoms with Crippen LogP contribution in [-0.2, 0) is 4.79 Å². The lowest BCUT2D eigenvalue weighted by Gasteiger charge is -2.08. The molecule has 0 bridgehead atoms. The van der Waals surface area contributed by atoms with Gasteiger partial charge in [0, 0.05) is 5.70 Å². The average Bonchev–Trinajstić information content (AvgIpc) is 2.93. The summed E-state index contributed by atoms with van der Waals surface area (Å²) in [5.74, 6) is -0.296. The lowest BCUT2D eigenvalue weighted by atomic mass is 10.1. The highest BCUT2D eigenvalue weighted by Crippen LogP contribution is 2.22. The minimum absolute atomic E-state index is 0.0250. The van der Waals surface area contributed by atoms with Gasteiger partial charge in [-0.25, -0.2) is 0 Å². The van der Waals surface area contributed by atoms with Crippen molar-refractivity contribution in [2.75, 3.05) is 5.75 Å². The number of Topliss-reactive ketones (excluding diaryl/α,β-unsaturated/α-hetero) is 1. The quantitative estimate of drug-likeness (QED) is 0.505. The topological polar surface area (TPSA) is 110 Å². The summed E-state index contributed by atoms with van der Waals surface area (Å²) in [7, 11) is 0. The second-order valence-electron chi connectivity index (χ2n) is 5.04. The molecular weight excluding hydrogens is 312 g/mol. The van der Waals surface area contributed by atoms with Crippen LogP contribution in [0.4, 0.5) is 0 Å². The molecule has 0 aliphatic rings. The first-order valence-corrected chi connectivity index (χ1v) is 7.81. The predicted octanol–water partition coefficient (Wildman–Crippen LogP) is 1.70. The first-order valence-electron chi connectivity index (χ1n) is 6.82. The van der Waals surface area contributed by atoms with Gasteiger partial charge in [-0.1, -0.05) is 29.5 Å². The van der Waals surface area contributed by atoms with Crippen molar-refractivity contribution in [2.45, 2.75) is 25.9 Å². The fraction of sp³-hybridized carbons (Fsp3) is 0.267. The van der Waals surface area contributed by atoms with E-state index >= 15 is 0 Å². The number of thioether (sulfide) groups is 1. The third kappa shape index (κ3) is 3.76. The van der Waals surface area contributed by atoms with Crippen molar-refractivity contribution in [1.29, 1.82) is 5.26 Å². The number of hydrogen-bond donors (Lipinski definition) is 1. The van der Waals surface area contributed by atoms with Gasteiger partial charge in [0.25, 0.3) is 0 Å². The van der Waals surface area contributed by atoms with E-state index in [2.05, 4.69) is 15.5 Å². The van der Waals surface area contributed by atoms with Crippen LogP contribution in [-0.4, -0.2) is 31.7 Å². The van der Waals surface area contributed by atoms with Gasteiger partial charge in [0.15, 0.2) is 5.78 Å². The van der Waals surface area contributed by atoms with E-state index in [4.69, 9.17) is 11.0 Å². The molecule has 0 amide bonds. The third-order valence-corrected chi connectivity index (χ3v) is 4.06. The van der Waals surface area contributed by atoms with Crippen LogP contribution in [0.15, 0.2) is 34.6 Å². The van der Waals surface area contributed by atoms with Crippen molar-refractivity contribution in [2.24, 2.45) is 5.73 Å². The SMILES string of the molecule is C/C(N)=C(/C#N)C(=O)CSc1nnnn1-c1ccc(C)cc1C. The van der Waals surface area contributed by atoms with E-state index in [1.54, 1.807) is 4.68 Å². The summed E-state index contributed by atoms with van der Waals surface area (Å²) in [6.07, 6.45) is 0. The Morgan fingerprint density at radius 2 is 2.17 bits per heavy atom. The summed E-state index contributed by atoms with van der Waals surface area (Å²) in [6.45, 7) is 5.51. The molecule has 23 heavy (non-hydrogen) atoms. The zero-order valence-electron chi connectivity index (χ0n) is 13.1. The number of rotatable bonds is 5. The van der Waals surface area contributed by atoms with E-state index in [1.807, 2.05) is 38.1 Å². The largest absolute Gasteiger partial charge is 0.401 e. The molecule has 2 rings (SSSR count). The van der Waals surface area contributed by atoms with Crippen LogP contribution in [0.1, 0.15) is 18.1 Å². The molecule has 0 aliphatic carbocycles. The summed E-state index contributed by atoms with van der Waals surface area (Å²) in [5, 5.41) is 21.0. The van der Waals surface area contributed by atoms with Gasteiger partial charge in [0.05, 0.1) is 11.4 Å². The van der Waals surface area contributed by atoms with Gasteiger partial charge in [-0.3, -0.25) is 4.79 Å². The minimum atomic E-state index is -0.340. The molecule has 1 aromatic heterocycles. The highest BCUT2D eigenvalue weighted by Gasteiger charge is 2.16. The van der Waals surface area contributed by atoms with Crippen molar-refractivity contribution >= 4 is 17.5 Å². The normalized spacial score (nSPS) is 11.7. The van der Waals surface area contributed by atoms with Gasteiger partial charge in [-0.2, -0.15) is 9.94 Å². The number of nitriles is 1. The number of tetrazole rings is 1. The fourth-order valence-corrected chi connectivity index (χ4v) is 2.79. The smallest absolute Gasteiger partial charge is 0.214 e. The summed E-state index contributed by atoms with van der Waals surface area (Å²) in [6, 6.07) is 7.76. The number of aromatic nitrogens is 4. The molecule has 1 aromatic carbocycles. The summed E-state index contributed by atoms with van der Waals surface area (Å²) in [4.78, 5) is 12.0. The third-order valence-electron chi connectivity index (χ3n) is 3.14. The molecule has 0 saturated heterocycles. The number of nitrogens with two attached hydrogens (primary N) is 1. The molecule has 0 atom stereocenters. The van der Waals surface area contributed by atoms with E-state index in [-0.39, 0.29) is 22.8 Å². The van der Waals surface area contributed by atoms with Crippen LogP contribution in [0.5, 0.6) is 0 Å². The van der Waals surface area contributed by atoms with Gasteiger partial charge in [-0.15, -0.1) is 5.10 Å². The standard InChI is InChI=1S/C15H16N6OS/c1-9-4-5-13(10(2)6-9)21-15(18-19-20-21)23-8-14(22)12(7-16)11(3)17/h4-6H,8,17H2,1-3H3/b12-11+. The molecule has 0 spiro atoms. The fourth-order valence-electron chi connectivity index (χ4n) is 2.04. The Labute approximate surface area is 138 Å². The second-order valence-corrected chi connectivity index (χ2v) is 5.99. The van der Waals surface area contributed by atoms with Gasteiger partial charge in [0.2, 0.25) is 5.16 Å². The molecule has 0 saturated carbocycles. The molecule has 0 aliphatic heterocycles. The van der Waals surface area contributed by atoms with E-state index in [9.17, 15) is 4.79 Å². The molecule has 7 nitrogen and oxygen atoms in total. The molecule has 0 fully saturated rings. The number of benzene rings is 1. The lowest BCUT2D eigenvalue weighted by molar-refractivity contribution is -0.112. The van der Waals surface area contributed by atoms with Crippen LogP contribution in [0.3, 0.4) is 0 Å². The van der Waals surface area contributed by atoms with Crippen molar-refractivity contribution in [3.63, 3.8) is 0 Å². The van der Waals surface area contributed by atoms with Crippen molar-refractivity contribution in [3.05, 3.63) is 40.6 Å². The number of hydrogen-bond acceptors (Lipinski definition) is 7. The van der Waals surface area contributed by atoms with Crippen molar-refractivity contribution in [1.82, 2.24) is 20.2 Å². The average molecular weight is 328 g/mol. The number of carbonyl (C=O) groups excluding carboxylic acids is 1. The number of ketones is 1. The maximum atomic E-state index is 12.0. The van der Waals surface area contributed by atoms with Gasteiger partial charge in [-0.05, 0) is 42.8 Å². The Hall–Kier alpha value is -2.66. The molecule has 0 radical (unpaired) electrons. The molecule has 2 N–H and O–H groups in total. The van der Waals surface area contributed by atoms with Crippen molar-refractivity contribution < 1.29 is 4.79 Å². The maximum absolute atomic E-state index is 12.0. The van der Waals surface area contributed by atoms with Crippen LogP contribution >= 0.6 is 11.8 Å². The van der Waals surface area contributed by atoms with Gasteiger partial charge >= 0.3 is 0 Å². The summed E-state index contributed by atoms with van der Waals surface area (Å²) in [5.41, 5.74) is 8.75. The second kappa shape index (κ2) is 7.07. The first-order chi connectivity index (χ1) is 10.9. The Balaban J connectivity index is 2.21. The zero-order chi connectivity index (χ0) is 17.0. The Kier molecular flexibility index (Phi) is 5.13. The zero-order valence-corrected chi connectivity index (χ0v) is 13.9. The maximum Gasteiger partial charge on any atom is 0.214 e. The van der Waals surface area contributed by atoms with E-state index in [0.29, 0.717) is 5.16 Å². The lowest BCUT2D eigenvalue weighted by Crippen LogP contribution is -2.11. The van der Waals surface area contributed by atoms with Crippen LogP contribution in [0.2, 0.25) is 0 Å². The predicted molar refractivity (Wildman–Crippen MR) is 86.9 cm³/mol. The molecule has 2 aromatic rings. The summed E-state index contributed by atoms with van der Waals surface area (Å²) >= 11 is 1.17. The molecule has 118 valence electrons. The number of allylic oxidation sites excluding steroid dienone is 2. The number of aryl methyl sites for hydroxylation is 2. The number of carbonyl (C=O) groups is 1. The van der Waals surface area contributed by atoms with Crippen molar-refractivity contribution in [3.8, 4) is 11.8 Å². The molecule has 8 heteroatoms. The Morgan fingerprint density at radius 1 is 1.43 bits per heavy atom. The van der Waals surface area contributed by atoms with Crippen LogP contribution in [0, 0.1) is 25.2 Å². The Morgan fingerprint density at radius 3 is 2.78 bits per heavy atom. The molecular formula is C15H16N6OS. The van der Waals surface area contributed by atoms with E-state index in [0.717, 1.165) is 16.8 Å². The molecule has 1 heterocycles. The van der Waals surface area contributed by atoms with Gasteiger partial charge in [0.1, 0.15) is 11.6 Å². The summed E-state index contributed by atoms with van der Waals surface area (Å²) < 4.78 is 1.58. The van der Waals surface area contributed by atoms with E-state index < -0.39 is 0 Å². The first kappa shape index (κ1) is 16.7. The minimum Gasteiger partial charge on any atom is -0.401 e. The highest BCUT2D eigenvalue weighted by atomic mass is 32.2. The Bertz CT molecular complexity index is 814. The van der Waals surface area contributed by atoms with E-state index in [1.165, 1.54) is 18.7 Å². The monoisotopic (exact) mass is 328 g/mol. The van der Waals surface area contributed by atoms with Crippen LogP contribution in [0.25, 0.3) is 5.69 Å². The highest BCUT2D eigenvalue weighted by molar-refractivity contribution is 7.99. The molecule has 0 unspecified atom stereocenters.